The number of nitrogens with zero attached hydrogens (tertiary/aromatic N) is 2. The van der Waals surface area contributed by atoms with Crippen LogP contribution in [0.3, 0.4) is 0 Å². The molecule has 0 spiro atoms. The lowest BCUT2D eigenvalue weighted by Crippen LogP contribution is -2.33. The Balaban J connectivity index is 2.22. The Hall–Kier alpha value is -2.09. The van der Waals surface area contributed by atoms with E-state index in [0.717, 1.165) is 23.6 Å². The first-order valence-corrected chi connectivity index (χ1v) is 10.3. The van der Waals surface area contributed by atoms with E-state index in [9.17, 15) is 5.26 Å². The van der Waals surface area contributed by atoms with Crippen LogP contribution < -0.4 is 4.72 Å². The number of rotatable bonds is 7. The molecule has 0 fully saturated rings. The van der Waals surface area contributed by atoms with Gasteiger partial charge in [0.15, 0.2) is 0 Å². The van der Waals surface area contributed by atoms with Gasteiger partial charge in [0.25, 0.3) is 0 Å². The van der Waals surface area contributed by atoms with Gasteiger partial charge in [-0.15, -0.1) is 0 Å². The summed E-state index contributed by atoms with van der Waals surface area (Å²) in [6, 6.07) is 18.8. The van der Waals surface area contributed by atoms with Gasteiger partial charge in [0.2, 0.25) is 0 Å². The third-order valence-electron chi connectivity index (χ3n) is 5.02. The Labute approximate surface area is 164 Å². The first-order valence-electron chi connectivity index (χ1n) is 8.69. The SMILES string of the molecule is CCC(CCC#N)(c1ccc(Cl)cc1)n1ccc2c(NSC)cccc21. The summed E-state index contributed by atoms with van der Waals surface area (Å²) < 4.78 is 5.69. The van der Waals surface area contributed by atoms with Crippen LogP contribution in [0.2, 0.25) is 5.02 Å². The molecule has 26 heavy (non-hydrogen) atoms. The molecule has 134 valence electrons. The normalized spacial score (nSPS) is 13.3. The number of nitrogens with one attached hydrogen (secondary N) is 1. The molecule has 0 radical (unpaired) electrons. The van der Waals surface area contributed by atoms with Gasteiger partial charge >= 0.3 is 0 Å². The van der Waals surface area contributed by atoms with Crippen LogP contribution in [0.25, 0.3) is 10.9 Å². The molecule has 1 atom stereocenters. The van der Waals surface area contributed by atoms with Crippen molar-refractivity contribution in [2.75, 3.05) is 11.0 Å². The standard InChI is InChI=1S/C21H22ClN3S/c1-3-21(13-5-14-23,16-8-10-17(22)11-9-16)25-15-12-18-19(24-26-2)6-4-7-20(18)25/h4,6-12,15,24H,3,5,13H2,1-2H3. The fourth-order valence-corrected chi connectivity index (χ4v) is 4.24. The summed E-state index contributed by atoms with van der Waals surface area (Å²) in [5, 5.41) is 11.2. The smallest absolute Gasteiger partial charge is 0.0704 e. The number of aromatic nitrogens is 1. The number of hydrogen-bond donors (Lipinski definition) is 1. The number of fused-ring (bicyclic) bond motifs is 1. The molecule has 0 aliphatic carbocycles. The number of hydrogen-bond acceptors (Lipinski definition) is 3. The second kappa shape index (κ2) is 8.07. The summed E-state index contributed by atoms with van der Waals surface area (Å²) in [5.41, 5.74) is 3.18. The summed E-state index contributed by atoms with van der Waals surface area (Å²) in [5.74, 6) is 0. The second-order valence-corrected chi connectivity index (χ2v) is 7.33. The summed E-state index contributed by atoms with van der Waals surface area (Å²) in [6.45, 7) is 2.18. The Morgan fingerprint density at radius 1 is 1.19 bits per heavy atom. The molecule has 3 aromatic rings. The molecule has 3 rings (SSSR count). The molecule has 0 bridgehead atoms. The van der Waals surface area contributed by atoms with Gasteiger partial charge in [-0.1, -0.05) is 48.7 Å². The minimum Gasteiger partial charge on any atom is -0.337 e. The van der Waals surface area contributed by atoms with Crippen molar-refractivity contribution in [1.29, 1.82) is 5.26 Å². The van der Waals surface area contributed by atoms with Crippen molar-refractivity contribution in [3.63, 3.8) is 0 Å². The average molecular weight is 384 g/mol. The quantitative estimate of drug-likeness (QED) is 0.477. The maximum atomic E-state index is 9.25. The van der Waals surface area contributed by atoms with Crippen LogP contribution in [0.1, 0.15) is 31.7 Å². The van der Waals surface area contributed by atoms with Gasteiger partial charge in [-0.3, -0.25) is 0 Å². The molecule has 1 aromatic heterocycles. The minimum atomic E-state index is -0.278. The van der Waals surface area contributed by atoms with Crippen LogP contribution in [-0.2, 0) is 5.54 Å². The van der Waals surface area contributed by atoms with Crippen LogP contribution >= 0.6 is 23.5 Å². The van der Waals surface area contributed by atoms with Crippen LogP contribution in [0.15, 0.2) is 54.7 Å². The average Bonchev–Trinajstić information content (AvgIpc) is 3.10. The van der Waals surface area contributed by atoms with Gasteiger partial charge in [0.1, 0.15) is 0 Å². The fourth-order valence-electron chi connectivity index (χ4n) is 3.72. The summed E-state index contributed by atoms with van der Waals surface area (Å²) in [6.07, 6.45) is 6.31. The van der Waals surface area contributed by atoms with E-state index in [0.29, 0.717) is 6.42 Å². The molecule has 1 N–H and O–H groups in total. The summed E-state index contributed by atoms with van der Waals surface area (Å²) in [7, 11) is 0. The van der Waals surface area contributed by atoms with Crippen LogP contribution in [0.5, 0.6) is 0 Å². The summed E-state index contributed by atoms with van der Waals surface area (Å²) >= 11 is 7.70. The van der Waals surface area contributed by atoms with Gasteiger partial charge in [-0.2, -0.15) is 5.26 Å². The highest BCUT2D eigenvalue weighted by Gasteiger charge is 2.33. The van der Waals surface area contributed by atoms with Gasteiger partial charge in [0, 0.05) is 29.3 Å². The lowest BCUT2D eigenvalue weighted by atomic mass is 9.82. The molecule has 0 saturated heterocycles. The van der Waals surface area contributed by atoms with Crippen molar-refractivity contribution in [3.05, 3.63) is 65.3 Å². The van der Waals surface area contributed by atoms with Crippen molar-refractivity contribution in [1.82, 2.24) is 4.57 Å². The first kappa shape index (κ1) is 18.7. The number of halogens is 1. The molecule has 0 amide bonds. The van der Waals surface area contributed by atoms with Gasteiger partial charge in [-0.25, -0.2) is 0 Å². The molecule has 5 heteroatoms. The van der Waals surface area contributed by atoms with E-state index < -0.39 is 0 Å². The largest absolute Gasteiger partial charge is 0.337 e. The van der Waals surface area contributed by atoms with Crippen LogP contribution in [0, 0.1) is 11.3 Å². The van der Waals surface area contributed by atoms with E-state index >= 15 is 0 Å². The minimum absolute atomic E-state index is 0.278. The van der Waals surface area contributed by atoms with Gasteiger partial charge in [-0.05, 0) is 48.7 Å². The van der Waals surface area contributed by atoms with E-state index in [2.05, 4.69) is 64.9 Å². The van der Waals surface area contributed by atoms with E-state index in [1.54, 1.807) is 11.9 Å². The van der Waals surface area contributed by atoms with E-state index in [1.807, 2.05) is 18.4 Å². The van der Waals surface area contributed by atoms with E-state index in [1.165, 1.54) is 16.5 Å². The molecule has 3 nitrogen and oxygen atoms in total. The molecule has 0 aliphatic rings. The Bertz CT molecular complexity index is 927. The van der Waals surface area contributed by atoms with Crippen molar-refractivity contribution in [2.24, 2.45) is 0 Å². The number of benzene rings is 2. The van der Waals surface area contributed by atoms with Crippen LogP contribution in [-0.4, -0.2) is 10.8 Å². The highest BCUT2D eigenvalue weighted by atomic mass is 35.5. The molecule has 2 aromatic carbocycles. The van der Waals surface area contributed by atoms with Crippen molar-refractivity contribution in [3.8, 4) is 6.07 Å². The predicted molar refractivity (Wildman–Crippen MR) is 113 cm³/mol. The zero-order valence-corrected chi connectivity index (χ0v) is 16.6. The van der Waals surface area contributed by atoms with Crippen molar-refractivity contribution >= 4 is 40.1 Å². The Morgan fingerprint density at radius 2 is 1.96 bits per heavy atom. The van der Waals surface area contributed by atoms with E-state index in [4.69, 9.17) is 11.6 Å². The fraction of sp³-hybridized carbons (Fsp3) is 0.286. The first-order chi connectivity index (χ1) is 12.7. The molecule has 1 heterocycles. The van der Waals surface area contributed by atoms with Crippen molar-refractivity contribution < 1.29 is 0 Å². The molecule has 1 unspecified atom stereocenters. The lowest BCUT2D eigenvalue weighted by molar-refractivity contribution is 0.329. The highest BCUT2D eigenvalue weighted by molar-refractivity contribution is 7.99. The maximum Gasteiger partial charge on any atom is 0.0704 e. The summed E-state index contributed by atoms with van der Waals surface area (Å²) in [4.78, 5) is 0. The highest BCUT2D eigenvalue weighted by Crippen LogP contribution is 2.39. The monoisotopic (exact) mass is 383 g/mol. The maximum absolute atomic E-state index is 9.25. The second-order valence-electron chi connectivity index (χ2n) is 6.28. The predicted octanol–water partition coefficient (Wildman–Crippen LogP) is 6.44. The van der Waals surface area contributed by atoms with Gasteiger partial charge in [0.05, 0.1) is 22.8 Å². The third-order valence-corrected chi connectivity index (χ3v) is 5.70. The van der Waals surface area contributed by atoms with Gasteiger partial charge < -0.3 is 9.29 Å². The third kappa shape index (κ3) is 3.30. The Kier molecular flexibility index (Phi) is 5.80. The Morgan fingerprint density at radius 3 is 2.62 bits per heavy atom. The zero-order chi connectivity index (χ0) is 18.6. The molecular formula is C21H22ClN3S. The van der Waals surface area contributed by atoms with Crippen molar-refractivity contribution in [2.45, 2.75) is 31.7 Å². The van der Waals surface area contributed by atoms with E-state index in [-0.39, 0.29) is 5.54 Å². The zero-order valence-electron chi connectivity index (χ0n) is 15.0. The number of anilines is 1. The molecule has 0 aliphatic heterocycles. The topological polar surface area (TPSA) is 40.8 Å². The lowest BCUT2D eigenvalue weighted by Gasteiger charge is -2.36. The molecular weight excluding hydrogens is 362 g/mol. The van der Waals surface area contributed by atoms with Crippen LogP contribution in [0.4, 0.5) is 5.69 Å². The molecule has 0 saturated carbocycles. The number of nitriles is 1.